The van der Waals surface area contributed by atoms with Crippen LogP contribution in [-0.4, -0.2) is 12.6 Å². The van der Waals surface area contributed by atoms with Gasteiger partial charge >= 0.3 is 0 Å². The third-order valence-corrected chi connectivity index (χ3v) is 1.23. The second-order valence-corrected chi connectivity index (χ2v) is 2.24. The highest BCUT2D eigenvalue weighted by atomic mass is 14.9. The smallest absolute Gasteiger partial charge is 0.0924 e. The molecule has 0 rings (SSSR count). The minimum Gasteiger partial charge on any atom is -0.302 e. The van der Waals surface area contributed by atoms with Gasteiger partial charge in [-0.15, -0.1) is 6.58 Å². The van der Waals surface area contributed by atoms with Crippen LogP contribution in [0.2, 0.25) is 0 Å². The zero-order chi connectivity index (χ0) is 7.82. The maximum absolute atomic E-state index is 8.36. The van der Waals surface area contributed by atoms with Gasteiger partial charge < -0.3 is 5.32 Å². The summed E-state index contributed by atoms with van der Waals surface area (Å²) in [5, 5.41) is 11.4. The van der Waals surface area contributed by atoms with Crippen LogP contribution in [0.25, 0.3) is 0 Å². The summed E-state index contributed by atoms with van der Waals surface area (Å²) in [6.07, 6.45) is 3.97. The molecule has 0 aliphatic carbocycles. The van der Waals surface area contributed by atoms with Gasteiger partial charge in [0.05, 0.1) is 12.1 Å². The van der Waals surface area contributed by atoms with Crippen molar-refractivity contribution in [3.63, 3.8) is 0 Å². The molecule has 0 bridgehead atoms. The Morgan fingerprint density at radius 2 is 2.50 bits per heavy atom. The van der Waals surface area contributed by atoms with Gasteiger partial charge in [-0.2, -0.15) is 5.26 Å². The fourth-order valence-electron chi connectivity index (χ4n) is 0.611. The molecular formula is C8H14N2. The molecule has 0 saturated carbocycles. The Hall–Kier alpha value is -0.810. The number of nitrogens with one attached hydrogen (secondary N) is 1. The van der Waals surface area contributed by atoms with Crippen molar-refractivity contribution in [3.05, 3.63) is 12.7 Å². The van der Waals surface area contributed by atoms with E-state index in [2.05, 4.69) is 18.0 Å². The van der Waals surface area contributed by atoms with Gasteiger partial charge in [-0.1, -0.05) is 6.08 Å². The highest BCUT2D eigenvalue weighted by Crippen LogP contribution is 1.87. The lowest BCUT2D eigenvalue weighted by Crippen LogP contribution is -2.24. The number of rotatable bonds is 5. The molecule has 2 nitrogen and oxygen atoms in total. The molecule has 0 spiro atoms. The Morgan fingerprint density at radius 1 is 1.80 bits per heavy atom. The topological polar surface area (TPSA) is 35.8 Å². The molecule has 56 valence electrons. The van der Waals surface area contributed by atoms with Gasteiger partial charge in [-0.25, -0.2) is 0 Å². The van der Waals surface area contributed by atoms with Crippen LogP contribution in [0.3, 0.4) is 0 Å². The zero-order valence-corrected chi connectivity index (χ0v) is 6.43. The van der Waals surface area contributed by atoms with E-state index in [4.69, 9.17) is 5.26 Å². The third-order valence-electron chi connectivity index (χ3n) is 1.23. The van der Waals surface area contributed by atoms with Gasteiger partial charge in [0.2, 0.25) is 0 Å². The van der Waals surface area contributed by atoms with Gasteiger partial charge in [0, 0.05) is 0 Å². The number of unbranched alkanes of at least 4 members (excludes halogenated alkanes) is 1. The summed E-state index contributed by atoms with van der Waals surface area (Å²) < 4.78 is 0. The molecule has 0 aliphatic rings. The van der Waals surface area contributed by atoms with Crippen LogP contribution >= 0.6 is 0 Å². The predicted molar refractivity (Wildman–Crippen MR) is 42.5 cm³/mol. The molecule has 0 aromatic heterocycles. The molecule has 0 radical (unpaired) electrons. The van der Waals surface area contributed by atoms with Crippen LogP contribution in [0.15, 0.2) is 12.7 Å². The Morgan fingerprint density at radius 3 is 3.00 bits per heavy atom. The van der Waals surface area contributed by atoms with Crippen molar-refractivity contribution in [3.8, 4) is 6.07 Å². The maximum Gasteiger partial charge on any atom is 0.0924 e. The Balaban J connectivity index is 3.05. The van der Waals surface area contributed by atoms with Crippen LogP contribution < -0.4 is 5.32 Å². The summed E-state index contributed by atoms with van der Waals surface area (Å²) >= 11 is 0. The number of nitrogens with zero attached hydrogens (tertiary/aromatic N) is 1. The number of hydrogen-bond acceptors (Lipinski definition) is 2. The van der Waals surface area contributed by atoms with Crippen molar-refractivity contribution >= 4 is 0 Å². The summed E-state index contributed by atoms with van der Waals surface area (Å²) in [6, 6.07) is 2.08. The van der Waals surface area contributed by atoms with Crippen LogP contribution in [0.4, 0.5) is 0 Å². The molecule has 1 atom stereocenters. The van der Waals surface area contributed by atoms with Gasteiger partial charge in [-0.3, -0.25) is 0 Å². The lowest BCUT2D eigenvalue weighted by atomic mass is 10.3. The first-order valence-corrected chi connectivity index (χ1v) is 3.55. The minimum absolute atomic E-state index is 0.0233. The van der Waals surface area contributed by atoms with Crippen molar-refractivity contribution in [2.75, 3.05) is 6.54 Å². The molecular weight excluding hydrogens is 124 g/mol. The normalized spacial score (nSPS) is 12.0. The van der Waals surface area contributed by atoms with E-state index in [1.54, 1.807) is 0 Å². The van der Waals surface area contributed by atoms with E-state index in [1.807, 2.05) is 13.0 Å². The van der Waals surface area contributed by atoms with Crippen LogP contribution in [0.1, 0.15) is 19.8 Å². The molecule has 1 unspecified atom stereocenters. The molecule has 0 aromatic rings. The second-order valence-electron chi connectivity index (χ2n) is 2.24. The largest absolute Gasteiger partial charge is 0.302 e. The fourth-order valence-corrected chi connectivity index (χ4v) is 0.611. The molecule has 10 heavy (non-hydrogen) atoms. The van der Waals surface area contributed by atoms with E-state index in [1.165, 1.54) is 0 Å². The van der Waals surface area contributed by atoms with Gasteiger partial charge in [0.15, 0.2) is 0 Å². The fraction of sp³-hybridized carbons (Fsp3) is 0.625. The molecule has 1 N–H and O–H groups in total. The molecule has 0 fully saturated rings. The monoisotopic (exact) mass is 138 g/mol. The van der Waals surface area contributed by atoms with Crippen LogP contribution in [0, 0.1) is 11.3 Å². The van der Waals surface area contributed by atoms with Crippen LogP contribution in [-0.2, 0) is 0 Å². The summed E-state index contributed by atoms with van der Waals surface area (Å²) in [4.78, 5) is 0. The molecule has 0 saturated heterocycles. The summed E-state index contributed by atoms with van der Waals surface area (Å²) in [5.41, 5.74) is 0. The molecule has 0 aromatic carbocycles. The van der Waals surface area contributed by atoms with E-state index in [-0.39, 0.29) is 6.04 Å². The average molecular weight is 138 g/mol. The first-order chi connectivity index (χ1) is 4.81. The van der Waals surface area contributed by atoms with Gasteiger partial charge in [0.25, 0.3) is 0 Å². The van der Waals surface area contributed by atoms with Crippen LogP contribution in [0.5, 0.6) is 0 Å². The lowest BCUT2D eigenvalue weighted by molar-refractivity contribution is 0.617. The summed E-state index contributed by atoms with van der Waals surface area (Å²) in [6.45, 7) is 6.36. The Labute approximate surface area is 62.5 Å². The minimum atomic E-state index is -0.0233. The summed E-state index contributed by atoms with van der Waals surface area (Å²) in [5.74, 6) is 0. The van der Waals surface area contributed by atoms with E-state index >= 15 is 0 Å². The number of allylic oxidation sites excluding steroid dienone is 1. The van der Waals surface area contributed by atoms with Gasteiger partial charge in [0.1, 0.15) is 0 Å². The average Bonchev–Trinajstić information content (AvgIpc) is 1.98. The molecule has 0 amide bonds. The van der Waals surface area contributed by atoms with Gasteiger partial charge in [-0.05, 0) is 26.3 Å². The number of nitriles is 1. The molecule has 0 aliphatic heterocycles. The zero-order valence-electron chi connectivity index (χ0n) is 6.43. The van der Waals surface area contributed by atoms with Crippen molar-refractivity contribution in [2.45, 2.75) is 25.8 Å². The number of hydrogen-bond donors (Lipinski definition) is 1. The Bertz CT molecular complexity index is 124. The summed E-state index contributed by atoms with van der Waals surface area (Å²) in [7, 11) is 0. The second kappa shape index (κ2) is 6.31. The highest BCUT2D eigenvalue weighted by Gasteiger charge is 1.94. The van der Waals surface area contributed by atoms with E-state index < -0.39 is 0 Å². The molecule has 0 heterocycles. The quantitative estimate of drug-likeness (QED) is 0.461. The first-order valence-electron chi connectivity index (χ1n) is 3.55. The highest BCUT2D eigenvalue weighted by molar-refractivity contribution is 4.85. The standard InChI is InChI=1S/C8H14N2/c1-3-4-5-6-10-8(2)7-9/h3,8,10H,1,4-6H2,2H3. The van der Waals surface area contributed by atoms with E-state index in [0.717, 1.165) is 19.4 Å². The SMILES string of the molecule is C=CCCCNC(C)C#N. The lowest BCUT2D eigenvalue weighted by Gasteiger charge is -2.02. The predicted octanol–water partition coefficient (Wildman–Crippen LogP) is 1.45. The third kappa shape index (κ3) is 5.33. The van der Waals surface area contributed by atoms with Crippen molar-refractivity contribution in [2.24, 2.45) is 0 Å². The van der Waals surface area contributed by atoms with Crippen molar-refractivity contribution in [1.82, 2.24) is 5.32 Å². The maximum atomic E-state index is 8.36. The van der Waals surface area contributed by atoms with Crippen molar-refractivity contribution in [1.29, 1.82) is 5.26 Å². The molecule has 2 heteroatoms. The Kier molecular flexibility index (Phi) is 5.80. The van der Waals surface area contributed by atoms with Crippen molar-refractivity contribution < 1.29 is 0 Å². The van der Waals surface area contributed by atoms with E-state index in [9.17, 15) is 0 Å². The first kappa shape index (κ1) is 9.19. The van der Waals surface area contributed by atoms with E-state index in [0.29, 0.717) is 0 Å².